The molecule has 2 atom stereocenters. The van der Waals surface area contributed by atoms with Crippen LogP contribution in [0.5, 0.6) is 0 Å². The first kappa shape index (κ1) is 18.9. The van der Waals surface area contributed by atoms with Crippen molar-refractivity contribution in [2.75, 3.05) is 0 Å². The fourth-order valence-electron chi connectivity index (χ4n) is 2.44. The predicted octanol–water partition coefficient (Wildman–Crippen LogP) is 0.173. The highest BCUT2D eigenvalue weighted by atomic mass is 16.7. The molecule has 3 amide bonds. The van der Waals surface area contributed by atoms with Crippen molar-refractivity contribution in [2.24, 2.45) is 5.92 Å². The van der Waals surface area contributed by atoms with Crippen LogP contribution >= 0.6 is 0 Å². The van der Waals surface area contributed by atoms with Crippen LogP contribution < -0.4 is 5.32 Å². The summed E-state index contributed by atoms with van der Waals surface area (Å²) in [6, 6.07) is 6.46. The Morgan fingerprint density at radius 2 is 1.62 bits per heavy atom. The first-order valence-electron chi connectivity index (χ1n) is 7.63. The number of hydroxylamine groups is 2. The molecule has 0 radical (unpaired) electrons. The van der Waals surface area contributed by atoms with Gasteiger partial charge in [0.1, 0.15) is 6.04 Å². The number of aliphatic carboxylic acids is 2. The van der Waals surface area contributed by atoms with Crippen molar-refractivity contribution >= 4 is 29.8 Å². The van der Waals surface area contributed by atoms with E-state index in [0.717, 1.165) is 0 Å². The van der Waals surface area contributed by atoms with Gasteiger partial charge in [-0.2, -0.15) is 0 Å². The molecule has 138 valence electrons. The Bertz CT molecular complexity index is 717. The molecular formula is C16H16N2O8. The normalized spacial score (nSPS) is 16.1. The fraction of sp³-hybridized carbons (Fsp3) is 0.312. The molecule has 26 heavy (non-hydrogen) atoms. The smallest absolute Gasteiger partial charge is 0.432 e. The van der Waals surface area contributed by atoms with Gasteiger partial charge in [-0.1, -0.05) is 30.3 Å². The predicted molar refractivity (Wildman–Crippen MR) is 83.4 cm³/mol. The monoisotopic (exact) mass is 364 g/mol. The van der Waals surface area contributed by atoms with E-state index in [-0.39, 0.29) is 24.3 Å². The van der Waals surface area contributed by atoms with Crippen LogP contribution in [0.3, 0.4) is 0 Å². The second-order valence-electron chi connectivity index (χ2n) is 5.56. The van der Waals surface area contributed by atoms with E-state index in [4.69, 9.17) is 0 Å². The summed E-state index contributed by atoms with van der Waals surface area (Å²) < 4.78 is 0. The van der Waals surface area contributed by atoms with E-state index in [9.17, 15) is 34.2 Å². The molecule has 1 aromatic rings. The number of carboxylic acid groups (broad SMARTS) is 2. The highest BCUT2D eigenvalue weighted by Crippen LogP contribution is 2.16. The van der Waals surface area contributed by atoms with Crippen LogP contribution in [0.4, 0.5) is 4.79 Å². The van der Waals surface area contributed by atoms with E-state index in [1.807, 2.05) is 5.32 Å². The van der Waals surface area contributed by atoms with Crippen LogP contribution in [0.2, 0.25) is 0 Å². The second-order valence-corrected chi connectivity index (χ2v) is 5.56. The molecular weight excluding hydrogens is 348 g/mol. The topological polar surface area (TPSA) is 150 Å². The summed E-state index contributed by atoms with van der Waals surface area (Å²) in [7, 11) is 0. The number of imide groups is 1. The van der Waals surface area contributed by atoms with Crippen LogP contribution in [0.15, 0.2) is 30.3 Å². The maximum atomic E-state index is 11.8. The lowest BCUT2D eigenvalue weighted by molar-refractivity contribution is -0.172. The molecule has 0 saturated carbocycles. The zero-order valence-electron chi connectivity index (χ0n) is 13.5. The summed E-state index contributed by atoms with van der Waals surface area (Å²) in [5.41, 5.74) is 0.561. The summed E-state index contributed by atoms with van der Waals surface area (Å²) in [5.74, 6) is -6.00. The third-order valence-corrected chi connectivity index (χ3v) is 3.74. The van der Waals surface area contributed by atoms with Gasteiger partial charge in [-0.3, -0.25) is 14.4 Å². The number of benzene rings is 1. The first-order chi connectivity index (χ1) is 12.3. The van der Waals surface area contributed by atoms with Gasteiger partial charge in [-0.25, -0.2) is 9.59 Å². The lowest BCUT2D eigenvalue weighted by atomic mass is 9.92. The number of nitrogens with one attached hydrogen (secondary N) is 1. The molecule has 1 heterocycles. The molecule has 1 fully saturated rings. The lowest BCUT2D eigenvalue weighted by Gasteiger charge is -2.22. The third-order valence-electron chi connectivity index (χ3n) is 3.74. The third kappa shape index (κ3) is 4.56. The Morgan fingerprint density at radius 1 is 1.04 bits per heavy atom. The van der Waals surface area contributed by atoms with Crippen molar-refractivity contribution in [1.82, 2.24) is 10.4 Å². The van der Waals surface area contributed by atoms with Gasteiger partial charge in [-0.15, -0.1) is 5.06 Å². The van der Waals surface area contributed by atoms with Crippen molar-refractivity contribution in [1.29, 1.82) is 0 Å². The van der Waals surface area contributed by atoms with Gasteiger partial charge in [0.25, 0.3) is 11.8 Å². The molecule has 10 heteroatoms. The summed E-state index contributed by atoms with van der Waals surface area (Å²) in [6.07, 6.45) is -1.81. The minimum absolute atomic E-state index is 0.125. The summed E-state index contributed by atoms with van der Waals surface area (Å²) in [4.78, 5) is 62.2. The Hall–Kier alpha value is -3.43. The Balaban J connectivity index is 2.11. The van der Waals surface area contributed by atoms with Gasteiger partial charge >= 0.3 is 18.0 Å². The van der Waals surface area contributed by atoms with Crippen LogP contribution in [-0.2, 0) is 30.4 Å². The summed E-state index contributed by atoms with van der Waals surface area (Å²) in [6.45, 7) is 0. The van der Waals surface area contributed by atoms with Crippen molar-refractivity contribution < 1.29 is 39.0 Å². The van der Waals surface area contributed by atoms with E-state index < -0.39 is 41.8 Å². The molecule has 2 rings (SSSR count). The molecule has 1 aliphatic heterocycles. The first-order valence-corrected chi connectivity index (χ1v) is 7.63. The van der Waals surface area contributed by atoms with Crippen LogP contribution in [-0.4, -0.2) is 51.2 Å². The van der Waals surface area contributed by atoms with E-state index >= 15 is 0 Å². The zero-order valence-corrected chi connectivity index (χ0v) is 13.5. The summed E-state index contributed by atoms with van der Waals surface area (Å²) >= 11 is 0. The number of hydrogen-bond acceptors (Lipinski definition) is 6. The molecule has 1 unspecified atom stereocenters. The fourth-order valence-corrected chi connectivity index (χ4v) is 2.44. The minimum atomic E-state index is -1.83. The van der Waals surface area contributed by atoms with Gasteiger partial charge in [0.15, 0.2) is 0 Å². The number of carboxylic acids is 2. The zero-order chi connectivity index (χ0) is 19.3. The molecule has 10 nitrogen and oxygen atoms in total. The minimum Gasteiger partial charge on any atom is -0.481 e. The maximum absolute atomic E-state index is 11.8. The largest absolute Gasteiger partial charge is 0.481 e. The quantitative estimate of drug-likeness (QED) is 0.580. The van der Waals surface area contributed by atoms with Gasteiger partial charge < -0.3 is 20.4 Å². The maximum Gasteiger partial charge on any atom is 0.432 e. The highest BCUT2D eigenvalue weighted by Gasteiger charge is 2.38. The van der Waals surface area contributed by atoms with Crippen molar-refractivity contribution in [3.05, 3.63) is 35.9 Å². The van der Waals surface area contributed by atoms with E-state index in [2.05, 4.69) is 4.84 Å². The molecule has 1 aliphatic rings. The molecule has 0 bridgehead atoms. The van der Waals surface area contributed by atoms with Gasteiger partial charge in [0.05, 0.1) is 5.92 Å². The Kier molecular flexibility index (Phi) is 5.89. The van der Waals surface area contributed by atoms with Gasteiger partial charge in [0, 0.05) is 12.8 Å². The number of nitrogens with zero attached hydrogens (tertiary/aromatic N) is 1. The average molecular weight is 364 g/mol. The SMILES string of the molecule is O=C(N[C@H](C(=O)O)C(Cc1ccccc1)C(=O)O)ON1C(=O)CCC1=O. The number of carbonyl (C=O) groups excluding carboxylic acids is 3. The van der Waals surface area contributed by atoms with Crippen molar-refractivity contribution in [3.63, 3.8) is 0 Å². The summed E-state index contributed by atoms with van der Waals surface area (Å²) in [5, 5.41) is 20.8. The second kappa shape index (κ2) is 8.10. The lowest BCUT2D eigenvalue weighted by Crippen LogP contribution is -2.51. The van der Waals surface area contributed by atoms with Crippen molar-refractivity contribution in [2.45, 2.75) is 25.3 Å². The molecule has 3 N–H and O–H groups in total. The molecule has 0 aliphatic carbocycles. The Morgan fingerprint density at radius 3 is 2.12 bits per heavy atom. The van der Waals surface area contributed by atoms with Crippen molar-refractivity contribution in [3.8, 4) is 0 Å². The molecule has 0 aromatic heterocycles. The number of amides is 3. The highest BCUT2D eigenvalue weighted by molar-refractivity contribution is 6.01. The van der Waals surface area contributed by atoms with Gasteiger partial charge in [-0.05, 0) is 12.0 Å². The number of hydrogen-bond donors (Lipinski definition) is 3. The van der Waals surface area contributed by atoms with Crippen LogP contribution in [0.25, 0.3) is 0 Å². The van der Waals surface area contributed by atoms with E-state index in [0.29, 0.717) is 5.56 Å². The Labute approximate surface area is 147 Å². The van der Waals surface area contributed by atoms with Gasteiger partial charge in [0.2, 0.25) is 0 Å². The number of rotatable bonds is 7. The number of carbonyl (C=O) groups is 5. The van der Waals surface area contributed by atoms with E-state index in [1.54, 1.807) is 30.3 Å². The van der Waals surface area contributed by atoms with E-state index in [1.165, 1.54) is 0 Å². The van der Waals surface area contributed by atoms with Crippen LogP contribution in [0.1, 0.15) is 18.4 Å². The van der Waals surface area contributed by atoms with Crippen LogP contribution in [0, 0.1) is 5.92 Å². The molecule has 1 saturated heterocycles. The molecule has 0 spiro atoms. The molecule has 1 aromatic carbocycles. The average Bonchev–Trinajstić information content (AvgIpc) is 2.90. The standard InChI is InChI=1S/C16H16N2O8/c19-11-6-7-12(20)18(11)26-16(25)17-13(15(23)24)10(14(21)22)8-9-4-2-1-3-5-9/h1-5,10,13H,6-8H2,(H,17,25)(H,21,22)(H,23,24)/t10?,13-/m0/s1.